The molecular formula is C19H21N5O. The van der Waals surface area contributed by atoms with Crippen molar-refractivity contribution in [2.45, 2.75) is 32.6 Å². The molecule has 6 nitrogen and oxygen atoms in total. The van der Waals surface area contributed by atoms with Gasteiger partial charge in [-0.1, -0.05) is 0 Å². The van der Waals surface area contributed by atoms with Gasteiger partial charge >= 0.3 is 0 Å². The summed E-state index contributed by atoms with van der Waals surface area (Å²) < 4.78 is 3.85. The monoisotopic (exact) mass is 335 g/mol. The maximum absolute atomic E-state index is 12.6. The predicted molar refractivity (Wildman–Crippen MR) is 96.2 cm³/mol. The van der Waals surface area contributed by atoms with Gasteiger partial charge in [0.1, 0.15) is 0 Å². The Labute approximate surface area is 146 Å². The van der Waals surface area contributed by atoms with E-state index in [1.165, 1.54) is 0 Å². The second kappa shape index (κ2) is 5.88. The van der Waals surface area contributed by atoms with Crippen LogP contribution in [0.5, 0.6) is 0 Å². The third-order valence-corrected chi connectivity index (χ3v) is 4.85. The summed E-state index contributed by atoms with van der Waals surface area (Å²) in [5.74, 6) is 0.375. The van der Waals surface area contributed by atoms with Crippen molar-refractivity contribution >= 4 is 11.6 Å². The molecule has 0 bridgehead atoms. The Morgan fingerprint density at radius 1 is 1.20 bits per heavy atom. The van der Waals surface area contributed by atoms with E-state index in [1.54, 1.807) is 6.20 Å². The number of carbonyl (C=O) groups is 1. The minimum absolute atomic E-state index is 0.0996. The van der Waals surface area contributed by atoms with Gasteiger partial charge < -0.3 is 9.88 Å². The molecule has 0 atom stereocenters. The smallest absolute Gasteiger partial charge is 0.259 e. The fraction of sp³-hybridized carbons (Fsp3) is 0.316. The van der Waals surface area contributed by atoms with E-state index in [0.717, 1.165) is 41.3 Å². The van der Waals surface area contributed by atoms with E-state index in [0.29, 0.717) is 11.5 Å². The van der Waals surface area contributed by atoms with Crippen molar-refractivity contribution in [3.8, 4) is 5.69 Å². The van der Waals surface area contributed by atoms with Crippen LogP contribution in [0.3, 0.4) is 0 Å². The van der Waals surface area contributed by atoms with Gasteiger partial charge in [-0.3, -0.25) is 9.48 Å². The quantitative estimate of drug-likeness (QED) is 0.795. The molecule has 25 heavy (non-hydrogen) atoms. The number of carbonyl (C=O) groups excluding carboxylic acids is 1. The maximum atomic E-state index is 12.6. The molecule has 1 amide bonds. The molecule has 1 aromatic carbocycles. The third kappa shape index (κ3) is 2.84. The summed E-state index contributed by atoms with van der Waals surface area (Å²) in [6.07, 6.45) is 5.75. The lowest BCUT2D eigenvalue weighted by atomic mass is 10.1. The topological polar surface area (TPSA) is 64.7 Å². The fourth-order valence-electron chi connectivity index (χ4n) is 3.13. The number of hydrogen-bond donors (Lipinski definition) is 1. The lowest BCUT2D eigenvalue weighted by Gasteiger charge is -2.09. The van der Waals surface area contributed by atoms with Crippen molar-refractivity contribution in [3.63, 3.8) is 0 Å². The first-order chi connectivity index (χ1) is 12.0. The normalized spacial score (nSPS) is 13.9. The first-order valence-corrected chi connectivity index (χ1v) is 8.49. The number of nitrogens with one attached hydrogen (secondary N) is 1. The highest BCUT2D eigenvalue weighted by molar-refractivity contribution is 6.05. The molecule has 0 saturated heterocycles. The van der Waals surface area contributed by atoms with Gasteiger partial charge in [0.05, 0.1) is 29.5 Å². The molecular weight excluding hydrogens is 314 g/mol. The summed E-state index contributed by atoms with van der Waals surface area (Å²) in [4.78, 5) is 16.9. The molecule has 1 N–H and O–H groups in total. The summed E-state index contributed by atoms with van der Waals surface area (Å²) in [6, 6.07) is 7.79. The average Bonchev–Trinajstić information content (AvgIpc) is 3.29. The number of nitrogens with zero attached hydrogens (tertiary/aromatic N) is 4. The van der Waals surface area contributed by atoms with Gasteiger partial charge in [-0.2, -0.15) is 5.10 Å². The van der Waals surface area contributed by atoms with E-state index in [1.807, 2.05) is 60.7 Å². The Kier molecular flexibility index (Phi) is 3.67. The Morgan fingerprint density at radius 2 is 1.92 bits per heavy atom. The Morgan fingerprint density at radius 3 is 2.52 bits per heavy atom. The second-order valence-corrected chi connectivity index (χ2v) is 6.63. The van der Waals surface area contributed by atoms with Crippen LogP contribution in [0.4, 0.5) is 5.69 Å². The highest BCUT2D eigenvalue weighted by atomic mass is 16.1. The number of amides is 1. The van der Waals surface area contributed by atoms with E-state index in [-0.39, 0.29) is 5.91 Å². The van der Waals surface area contributed by atoms with Crippen LogP contribution in [-0.2, 0) is 7.05 Å². The van der Waals surface area contributed by atoms with Crippen LogP contribution in [0, 0.1) is 13.8 Å². The van der Waals surface area contributed by atoms with Crippen molar-refractivity contribution in [2.75, 3.05) is 5.32 Å². The Balaban J connectivity index is 1.53. The molecule has 2 aromatic heterocycles. The number of aromatic nitrogens is 4. The van der Waals surface area contributed by atoms with Crippen LogP contribution in [0.15, 0.2) is 36.8 Å². The number of anilines is 1. The van der Waals surface area contributed by atoms with Gasteiger partial charge in [0.15, 0.2) is 0 Å². The molecule has 1 aliphatic carbocycles. The van der Waals surface area contributed by atoms with Crippen LogP contribution in [0.2, 0.25) is 0 Å². The van der Waals surface area contributed by atoms with E-state index in [2.05, 4.69) is 15.4 Å². The largest absolute Gasteiger partial charge is 0.322 e. The summed E-state index contributed by atoms with van der Waals surface area (Å²) >= 11 is 0. The lowest BCUT2D eigenvalue weighted by molar-refractivity contribution is 0.102. The zero-order valence-corrected chi connectivity index (χ0v) is 14.7. The minimum atomic E-state index is -0.0996. The third-order valence-electron chi connectivity index (χ3n) is 4.85. The number of imidazole rings is 1. The Hall–Kier alpha value is -2.89. The summed E-state index contributed by atoms with van der Waals surface area (Å²) in [5.41, 5.74) is 5.64. The minimum Gasteiger partial charge on any atom is -0.322 e. The second-order valence-electron chi connectivity index (χ2n) is 6.63. The zero-order valence-electron chi connectivity index (χ0n) is 14.7. The molecule has 0 unspecified atom stereocenters. The average molecular weight is 335 g/mol. The molecule has 128 valence electrons. The number of benzene rings is 1. The summed E-state index contributed by atoms with van der Waals surface area (Å²) in [7, 11) is 1.90. The highest BCUT2D eigenvalue weighted by Crippen LogP contribution is 2.41. The van der Waals surface area contributed by atoms with Crippen LogP contribution < -0.4 is 5.32 Å². The summed E-state index contributed by atoms with van der Waals surface area (Å²) in [6.45, 7) is 4.03. The number of rotatable bonds is 4. The molecule has 3 aromatic rings. The van der Waals surface area contributed by atoms with E-state index < -0.39 is 0 Å². The molecule has 2 heterocycles. The van der Waals surface area contributed by atoms with Crippen molar-refractivity contribution in [1.82, 2.24) is 19.3 Å². The van der Waals surface area contributed by atoms with Crippen LogP contribution >= 0.6 is 0 Å². The standard InChI is InChI=1S/C19H21N5O/c1-12-13(2)24(11-20-12)16-8-6-15(7-9-16)22-19(25)17-10-21-23(3)18(17)14-4-5-14/h6-11,14H,4-5H2,1-3H3,(H,22,25). The first kappa shape index (κ1) is 15.6. The van der Waals surface area contributed by atoms with Gasteiger partial charge in [-0.05, 0) is 51.0 Å². The van der Waals surface area contributed by atoms with E-state index in [4.69, 9.17) is 0 Å². The zero-order chi connectivity index (χ0) is 17.6. The van der Waals surface area contributed by atoms with Gasteiger partial charge in [0.25, 0.3) is 5.91 Å². The molecule has 1 saturated carbocycles. The number of hydrogen-bond acceptors (Lipinski definition) is 3. The van der Waals surface area contributed by atoms with Crippen molar-refractivity contribution in [3.05, 3.63) is 59.4 Å². The molecule has 0 radical (unpaired) electrons. The fourth-order valence-corrected chi connectivity index (χ4v) is 3.13. The molecule has 6 heteroatoms. The van der Waals surface area contributed by atoms with Crippen molar-refractivity contribution in [1.29, 1.82) is 0 Å². The van der Waals surface area contributed by atoms with E-state index >= 15 is 0 Å². The van der Waals surface area contributed by atoms with Crippen molar-refractivity contribution in [2.24, 2.45) is 7.05 Å². The first-order valence-electron chi connectivity index (χ1n) is 8.49. The van der Waals surface area contributed by atoms with Gasteiger partial charge in [0.2, 0.25) is 0 Å². The van der Waals surface area contributed by atoms with Crippen LogP contribution in [0.1, 0.15) is 46.2 Å². The van der Waals surface area contributed by atoms with Gasteiger partial charge in [-0.15, -0.1) is 0 Å². The predicted octanol–water partition coefficient (Wildman–Crippen LogP) is 3.35. The van der Waals surface area contributed by atoms with Crippen LogP contribution in [0.25, 0.3) is 5.69 Å². The molecule has 0 aliphatic heterocycles. The van der Waals surface area contributed by atoms with Gasteiger partial charge in [-0.25, -0.2) is 4.98 Å². The van der Waals surface area contributed by atoms with Crippen molar-refractivity contribution < 1.29 is 4.79 Å². The lowest BCUT2D eigenvalue weighted by Crippen LogP contribution is -2.14. The molecule has 0 spiro atoms. The van der Waals surface area contributed by atoms with Gasteiger partial charge in [0, 0.05) is 30.0 Å². The van der Waals surface area contributed by atoms with Crippen LogP contribution in [-0.4, -0.2) is 25.2 Å². The SMILES string of the molecule is Cc1ncn(-c2ccc(NC(=O)c3cnn(C)c3C3CC3)cc2)c1C. The Bertz CT molecular complexity index is 931. The van der Waals surface area contributed by atoms with E-state index in [9.17, 15) is 4.79 Å². The maximum Gasteiger partial charge on any atom is 0.259 e. The molecule has 1 fully saturated rings. The molecule has 4 rings (SSSR count). The summed E-state index contributed by atoms with van der Waals surface area (Å²) in [5, 5.41) is 7.23. The highest BCUT2D eigenvalue weighted by Gasteiger charge is 2.31. The number of aryl methyl sites for hydroxylation is 2. The molecule has 1 aliphatic rings.